The fourth-order valence-corrected chi connectivity index (χ4v) is 3.81. The molecule has 6 heteroatoms. The summed E-state index contributed by atoms with van der Waals surface area (Å²) in [6, 6.07) is 0. The van der Waals surface area contributed by atoms with Gasteiger partial charge in [-0.15, -0.1) is 0 Å². The van der Waals surface area contributed by atoms with Crippen LogP contribution in [0.1, 0.15) is 32.9 Å². The van der Waals surface area contributed by atoms with Gasteiger partial charge in [-0.1, -0.05) is 43.9 Å². The summed E-state index contributed by atoms with van der Waals surface area (Å²) in [6.07, 6.45) is 1.17. The molecule has 1 aliphatic rings. The standard InChI is InChI=1S/C12H19N3OS2/c1-12(2,3)4-9-6-14-10(18-9)13-5-8-7-17-11(16)15-8/h7,9H,4-6H2,1-3H3,(H,13,14)(H,15,16). The van der Waals surface area contributed by atoms with Crippen LogP contribution in [0.2, 0.25) is 0 Å². The molecule has 1 aromatic heterocycles. The number of amidine groups is 1. The van der Waals surface area contributed by atoms with Crippen LogP contribution in [0.15, 0.2) is 15.2 Å². The minimum Gasteiger partial charge on any atom is -0.359 e. The molecule has 0 fully saturated rings. The number of thiazole rings is 1. The molecule has 0 radical (unpaired) electrons. The number of H-pyrrole nitrogens is 1. The summed E-state index contributed by atoms with van der Waals surface area (Å²) in [4.78, 5) is 18.3. The van der Waals surface area contributed by atoms with Crippen LogP contribution in [0, 0.1) is 5.41 Å². The van der Waals surface area contributed by atoms with E-state index in [-0.39, 0.29) is 4.87 Å². The zero-order valence-corrected chi connectivity index (χ0v) is 12.6. The first-order valence-electron chi connectivity index (χ1n) is 6.04. The molecule has 18 heavy (non-hydrogen) atoms. The highest BCUT2D eigenvalue weighted by Gasteiger charge is 2.24. The number of rotatable bonds is 3. The van der Waals surface area contributed by atoms with Gasteiger partial charge in [0.1, 0.15) is 0 Å². The largest absolute Gasteiger partial charge is 0.359 e. The maximum Gasteiger partial charge on any atom is 0.304 e. The van der Waals surface area contributed by atoms with Crippen molar-refractivity contribution in [2.75, 3.05) is 6.54 Å². The van der Waals surface area contributed by atoms with Crippen LogP contribution in [0.4, 0.5) is 0 Å². The van der Waals surface area contributed by atoms with Gasteiger partial charge in [0, 0.05) is 16.3 Å². The summed E-state index contributed by atoms with van der Waals surface area (Å²) in [5.41, 5.74) is 1.27. The smallest absolute Gasteiger partial charge is 0.304 e. The maximum atomic E-state index is 11.0. The van der Waals surface area contributed by atoms with E-state index in [0.717, 1.165) is 17.4 Å². The van der Waals surface area contributed by atoms with E-state index < -0.39 is 0 Å². The van der Waals surface area contributed by atoms with E-state index in [9.17, 15) is 4.79 Å². The number of aromatic amines is 1. The van der Waals surface area contributed by atoms with Gasteiger partial charge in [-0.2, -0.15) is 0 Å². The third-order valence-electron chi connectivity index (χ3n) is 2.56. The number of hydrogen-bond acceptors (Lipinski definition) is 5. The zero-order chi connectivity index (χ0) is 13.2. The van der Waals surface area contributed by atoms with E-state index in [0.29, 0.717) is 17.2 Å². The highest BCUT2D eigenvalue weighted by atomic mass is 32.2. The Morgan fingerprint density at radius 3 is 2.94 bits per heavy atom. The molecule has 2 heterocycles. The van der Waals surface area contributed by atoms with E-state index in [4.69, 9.17) is 0 Å². The van der Waals surface area contributed by atoms with Crippen LogP contribution in [0.5, 0.6) is 0 Å². The maximum absolute atomic E-state index is 11.0. The molecule has 0 saturated heterocycles. The van der Waals surface area contributed by atoms with Crippen molar-refractivity contribution >= 4 is 28.3 Å². The molecule has 1 unspecified atom stereocenters. The molecule has 1 aromatic rings. The lowest BCUT2D eigenvalue weighted by atomic mass is 9.90. The van der Waals surface area contributed by atoms with Crippen LogP contribution in [-0.2, 0) is 6.54 Å². The fourth-order valence-electron chi connectivity index (χ4n) is 1.88. The van der Waals surface area contributed by atoms with Gasteiger partial charge in [-0.05, 0) is 11.8 Å². The van der Waals surface area contributed by atoms with Crippen LogP contribution >= 0.6 is 23.1 Å². The van der Waals surface area contributed by atoms with Crippen molar-refractivity contribution in [1.82, 2.24) is 10.3 Å². The van der Waals surface area contributed by atoms with E-state index in [1.807, 2.05) is 17.1 Å². The second kappa shape index (κ2) is 5.48. The molecule has 0 saturated carbocycles. The molecule has 2 rings (SSSR count). The Morgan fingerprint density at radius 1 is 1.56 bits per heavy atom. The molecular formula is C12H19N3OS2. The molecule has 0 aliphatic carbocycles. The van der Waals surface area contributed by atoms with Crippen LogP contribution < -0.4 is 10.2 Å². The molecule has 100 valence electrons. The van der Waals surface area contributed by atoms with Gasteiger partial charge in [-0.3, -0.25) is 9.79 Å². The van der Waals surface area contributed by atoms with Crippen LogP contribution in [0.25, 0.3) is 0 Å². The van der Waals surface area contributed by atoms with Crippen molar-refractivity contribution in [3.8, 4) is 0 Å². The molecule has 2 N–H and O–H groups in total. The third-order valence-corrected chi connectivity index (χ3v) is 4.42. The first kappa shape index (κ1) is 13.7. The van der Waals surface area contributed by atoms with Gasteiger partial charge in [-0.25, -0.2) is 0 Å². The van der Waals surface area contributed by atoms with Gasteiger partial charge in [0.25, 0.3) is 0 Å². The summed E-state index contributed by atoms with van der Waals surface area (Å²) in [5.74, 6) is 0. The number of aromatic nitrogens is 1. The van der Waals surface area contributed by atoms with Crippen LogP contribution in [-0.4, -0.2) is 21.9 Å². The molecule has 0 spiro atoms. The zero-order valence-electron chi connectivity index (χ0n) is 10.9. The Morgan fingerprint density at radius 2 is 2.33 bits per heavy atom. The van der Waals surface area contributed by atoms with E-state index in [2.05, 4.69) is 36.1 Å². The number of aliphatic imine (C=N–C) groups is 1. The third kappa shape index (κ3) is 4.17. The Kier molecular flexibility index (Phi) is 4.17. The molecule has 1 aliphatic heterocycles. The van der Waals surface area contributed by atoms with Gasteiger partial charge in [0.05, 0.1) is 13.1 Å². The number of nitrogens with zero attached hydrogens (tertiary/aromatic N) is 1. The first-order chi connectivity index (χ1) is 8.42. The Hall–Kier alpha value is -0.750. The summed E-state index contributed by atoms with van der Waals surface area (Å²) in [5, 5.41) is 6.70. The van der Waals surface area contributed by atoms with E-state index in [1.54, 1.807) is 0 Å². The first-order valence-corrected chi connectivity index (χ1v) is 7.80. The quantitative estimate of drug-likeness (QED) is 0.897. The van der Waals surface area contributed by atoms with Gasteiger partial charge in [0.2, 0.25) is 0 Å². The SMILES string of the molecule is CC(C)(C)CC1CN=C(NCc2csc(=O)[nH]2)S1. The fraction of sp³-hybridized carbons (Fsp3) is 0.667. The lowest BCUT2D eigenvalue weighted by molar-refractivity contribution is 0.375. The predicted molar refractivity (Wildman–Crippen MR) is 79.5 cm³/mol. The molecule has 1 atom stereocenters. The highest BCUT2D eigenvalue weighted by Crippen LogP contribution is 2.31. The molecule has 0 bridgehead atoms. The van der Waals surface area contributed by atoms with Crippen molar-refractivity contribution in [2.45, 2.75) is 39.0 Å². The summed E-state index contributed by atoms with van der Waals surface area (Å²) < 4.78 is 0. The summed E-state index contributed by atoms with van der Waals surface area (Å²) in [6.45, 7) is 8.32. The molecular weight excluding hydrogens is 266 g/mol. The average molecular weight is 285 g/mol. The lowest BCUT2D eigenvalue weighted by Gasteiger charge is -2.21. The van der Waals surface area contributed by atoms with Crippen molar-refractivity contribution in [3.05, 3.63) is 20.7 Å². The molecule has 0 amide bonds. The highest BCUT2D eigenvalue weighted by molar-refractivity contribution is 8.14. The van der Waals surface area contributed by atoms with Crippen LogP contribution in [0.3, 0.4) is 0 Å². The predicted octanol–water partition coefficient (Wildman–Crippen LogP) is 2.43. The number of thioether (sulfide) groups is 1. The molecule has 4 nitrogen and oxygen atoms in total. The second-order valence-electron chi connectivity index (χ2n) is 5.68. The topological polar surface area (TPSA) is 57.2 Å². The van der Waals surface area contributed by atoms with Crippen molar-refractivity contribution in [1.29, 1.82) is 0 Å². The number of nitrogens with one attached hydrogen (secondary N) is 2. The average Bonchev–Trinajstić information content (AvgIpc) is 2.82. The van der Waals surface area contributed by atoms with Crippen molar-refractivity contribution in [2.24, 2.45) is 10.4 Å². The normalized spacial score (nSPS) is 19.9. The van der Waals surface area contributed by atoms with Gasteiger partial charge in [0.15, 0.2) is 5.17 Å². The van der Waals surface area contributed by atoms with E-state index >= 15 is 0 Å². The minimum atomic E-state index is -0.00146. The Bertz CT molecular complexity index is 484. The van der Waals surface area contributed by atoms with Crippen molar-refractivity contribution in [3.63, 3.8) is 0 Å². The summed E-state index contributed by atoms with van der Waals surface area (Å²) >= 11 is 3.01. The summed E-state index contributed by atoms with van der Waals surface area (Å²) in [7, 11) is 0. The van der Waals surface area contributed by atoms with Gasteiger partial charge < -0.3 is 10.3 Å². The minimum absolute atomic E-state index is 0.00146. The Balaban J connectivity index is 1.77. The molecule has 0 aromatic carbocycles. The van der Waals surface area contributed by atoms with Crippen molar-refractivity contribution < 1.29 is 0 Å². The number of hydrogen-bond donors (Lipinski definition) is 2. The lowest BCUT2D eigenvalue weighted by Crippen LogP contribution is -2.20. The second-order valence-corrected chi connectivity index (χ2v) is 7.81. The monoisotopic (exact) mass is 285 g/mol. The Labute approximate surface area is 115 Å². The van der Waals surface area contributed by atoms with Gasteiger partial charge >= 0.3 is 4.87 Å². The van der Waals surface area contributed by atoms with E-state index in [1.165, 1.54) is 17.8 Å².